The Kier molecular flexibility index (Phi) is 5.76. The minimum Gasteiger partial charge on any atom is -0.393 e. The summed E-state index contributed by atoms with van der Waals surface area (Å²) in [6, 6.07) is 0. The van der Waals surface area contributed by atoms with Gasteiger partial charge in [0.05, 0.1) is 19.3 Å². The van der Waals surface area contributed by atoms with Crippen molar-refractivity contribution >= 4 is 0 Å². The minimum atomic E-state index is -0.218. The molecule has 3 heteroatoms. The third-order valence-electron chi connectivity index (χ3n) is 6.53. The Morgan fingerprint density at radius 2 is 1.96 bits per heavy atom. The molecule has 0 bridgehead atoms. The molecule has 0 heterocycles. The van der Waals surface area contributed by atoms with Crippen molar-refractivity contribution in [3.63, 3.8) is 0 Å². The molecule has 3 N–H and O–H groups in total. The van der Waals surface area contributed by atoms with E-state index in [1.54, 1.807) is 6.08 Å². The zero-order chi connectivity index (χ0) is 17.3. The van der Waals surface area contributed by atoms with Crippen LogP contribution in [0.4, 0.5) is 0 Å². The summed E-state index contributed by atoms with van der Waals surface area (Å²) in [6.45, 7) is 9.18. The molecule has 1 fully saturated rings. The predicted molar refractivity (Wildman–Crippen MR) is 94.0 cm³/mol. The van der Waals surface area contributed by atoms with E-state index in [0.29, 0.717) is 11.8 Å². The van der Waals surface area contributed by atoms with Gasteiger partial charge >= 0.3 is 0 Å². The van der Waals surface area contributed by atoms with E-state index >= 15 is 0 Å². The van der Waals surface area contributed by atoms with Gasteiger partial charge in [-0.1, -0.05) is 38.5 Å². The van der Waals surface area contributed by atoms with Crippen LogP contribution in [-0.2, 0) is 0 Å². The summed E-state index contributed by atoms with van der Waals surface area (Å²) < 4.78 is 0. The average Bonchev–Trinajstić information content (AvgIpc) is 2.43. The van der Waals surface area contributed by atoms with E-state index in [2.05, 4.69) is 33.8 Å². The lowest BCUT2D eigenvalue weighted by atomic mass is 9.47. The third-order valence-corrected chi connectivity index (χ3v) is 6.53. The second kappa shape index (κ2) is 7.08. The highest BCUT2D eigenvalue weighted by molar-refractivity contribution is 5.19. The largest absolute Gasteiger partial charge is 0.393 e. The van der Waals surface area contributed by atoms with Crippen LogP contribution < -0.4 is 0 Å². The van der Waals surface area contributed by atoms with Crippen LogP contribution in [-0.4, -0.2) is 34.6 Å². The molecule has 2 rings (SSSR count). The molecule has 1 saturated carbocycles. The molecule has 4 atom stereocenters. The molecule has 3 nitrogen and oxygen atoms in total. The highest BCUT2D eigenvalue weighted by atomic mass is 16.3. The quantitative estimate of drug-likeness (QED) is 0.679. The van der Waals surface area contributed by atoms with Crippen LogP contribution in [0.5, 0.6) is 0 Å². The van der Waals surface area contributed by atoms with E-state index in [1.165, 1.54) is 5.57 Å². The van der Waals surface area contributed by atoms with E-state index in [9.17, 15) is 10.2 Å². The molecular formula is C20H34O3. The van der Waals surface area contributed by atoms with Crippen molar-refractivity contribution in [1.82, 2.24) is 0 Å². The predicted octanol–water partition coefficient (Wildman–Crippen LogP) is 3.45. The van der Waals surface area contributed by atoms with Crippen LogP contribution in [0.2, 0.25) is 0 Å². The fourth-order valence-corrected chi connectivity index (χ4v) is 5.57. The van der Waals surface area contributed by atoms with Gasteiger partial charge < -0.3 is 15.3 Å². The monoisotopic (exact) mass is 322 g/mol. The fourth-order valence-electron chi connectivity index (χ4n) is 5.57. The van der Waals surface area contributed by atoms with Crippen LogP contribution in [0.15, 0.2) is 23.3 Å². The van der Waals surface area contributed by atoms with Crippen molar-refractivity contribution < 1.29 is 15.3 Å². The molecule has 0 amide bonds. The molecular weight excluding hydrogens is 288 g/mol. The zero-order valence-corrected chi connectivity index (χ0v) is 15.2. The number of aliphatic hydroxyl groups is 3. The lowest BCUT2D eigenvalue weighted by Gasteiger charge is -2.58. The lowest BCUT2D eigenvalue weighted by Crippen LogP contribution is -2.52. The van der Waals surface area contributed by atoms with Gasteiger partial charge in [0.2, 0.25) is 0 Å². The molecule has 0 aromatic rings. The fraction of sp³-hybridized carbons (Fsp3) is 0.800. The van der Waals surface area contributed by atoms with Gasteiger partial charge in [0, 0.05) is 0 Å². The van der Waals surface area contributed by atoms with Crippen molar-refractivity contribution in [2.45, 2.75) is 65.9 Å². The normalized spacial score (nSPS) is 37.3. The van der Waals surface area contributed by atoms with Gasteiger partial charge in [0.1, 0.15) is 0 Å². The van der Waals surface area contributed by atoms with Gasteiger partial charge in [-0.15, -0.1) is 0 Å². The molecule has 2 aliphatic rings. The summed E-state index contributed by atoms with van der Waals surface area (Å²) in [5.74, 6) is 1.02. The van der Waals surface area contributed by atoms with Gasteiger partial charge in [0.25, 0.3) is 0 Å². The molecule has 0 unspecified atom stereocenters. The Morgan fingerprint density at radius 1 is 1.26 bits per heavy atom. The molecule has 0 saturated heterocycles. The summed E-state index contributed by atoms with van der Waals surface area (Å²) in [6.07, 6.45) is 8.55. The second-order valence-electron chi connectivity index (χ2n) is 8.59. The second-order valence-corrected chi connectivity index (χ2v) is 8.59. The van der Waals surface area contributed by atoms with Crippen molar-refractivity contribution in [1.29, 1.82) is 0 Å². The molecule has 0 spiro atoms. The van der Waals surface area contributed by atoms with E-state index in [-0.39, 0.29) is 30.1 Å². The van der Waals surface area contributed by atoms with Crippen LogP contribution in [0, 0.1) is 22.7 Å². The van der Waals surface area contributed by atoms with Crippen molar-refractivity contribution in [2.24, 2.45) is 22.7 Å². The Hall–Kier alpha value is -0.640. The Balaban J connectivity index is 2.24. The van der Waals surface area contributed by atoms with E-state index < -0.39 is 0 Å². The molecule has 23 heavy (non-hydrogen) atoms. The van der Waals surface area contributed by atoms with E-state index in [1.807, 2.05) is 0 Å². The van der Waals surface area contributed by atoms with Crippen LogP contribution in [0.1, 0.15) is 59.8 Å². The average molecular weight is 322 g/mol. The summed E-state index contributed by atoms with van der Waals surface area (Å²) in [4.78, 5) is 0. The van der Waals surface area contributed by atoms with Gasteiger partial charge in [-0.25, -0.2) is 0 Å². The van der Waals surface area contributed by atoms with Gasteiger partial charge in [-0.05, 0) is 67.3 Å². The molecule has 0 aliphatic heterocycles. The Bertz CT molecular complexity index is 477. The highest BCUT2D eigenvalue weighted by Crippen LogP contribution is 2.60. The first-order valence-electron chi connectivity index (χ1n) is 8.99. The van der Waals surface area contributed by atoms with Crippen molar-refractivity contribution in [2.75, 3.05) is 13.2 Å². The number of aliphatic hydroxyl groups excluding tert-OH is 3. The standard InChI is InChI=1S/C20H34O3/c1-14-5-8-18-19(2,3)11-16(23)12-20(18,4)17(14)7-6-15(13-22)9-10-21/h5,9,16-18,21-23H,6-8,10-13H2,1-4H3/b15-9-/t16-,17+,18-,20+/m1/s1. The van der Waals surface area contributed by atoms with Gasteiger partial charge in [-0.2, -0.15) is 0 Å². The number of hydrogen-bond acceptors (Lipinski definition) is 3. The molecule has 0 aromatic heterocycles. The lowest BCUT2D eigenvalue weighted by molar-refractivity contribution is -0.0953. The summed E-state index contributed by atoms with van der Waals surface area (Å²) in [5.41, 5.74) is 2.61. The Morgan fingerprint density at radius 3 is 2.57 bits per heavy atom. The number of fused-ring (bicyclic) bond motifs is 1. The number of allylic oxidation sites excluding steroid dienone is 2. The summed E-state index contributed by atoms with van der Waals surface area (Å²) >= 11 is 0. The topological polar surface area (TPSA) is 60.7 Å². The van der Waals surface area contributed by atoms with Gasteiger partial charge in [0.15, 0.2) is 0 Å². The summed E-state index contributed by atoms with van der Waals surface area (Å²) in [5, 5.41) is 29.0. The maximum Gasteiger partial charge on any atom is 0.0642 e. The first-order valence-corrected chi connectivity index (χ1v) is 8.99. The molecule has 0 radical (unpaired) electrons. The third kappa shape index (κ3) is 3.72. The molecule has 132 valence electrons. The van der Waals surface area contributed by atoms with Crippen LogP contribution in [0.3, 0.4) is 0 Å². The number of rotatable bonds is 5. The Labute approximate surface area is 141 Å². The molecule has 2 aliphatic carbocycles. The SMILES string of the molecule is CC1=CC[C@@H]2C(C)(C)C[C@@H](O)C[C@@]2(C)[C@H]1CC/C(=C/CO)CO. The maximum atomic E-state index is 10.5. The van der Waals surface area contributed by atoms with E-state index in [4.69, 9.17) is 5.11 Å². The smallest absolute Gasteiger partial charge is 0.0642 e. The molecule has 0 aromatic carbocycles. The zero-order valence-electron chi connectivity index (χ0n) is 15.2. The van der Waals surface area contributed by atoms with Crippen molar-refractivity contribution in [3.8, 4) is 0 Å². The van der Waals surface area contributed by atoms with Gasteiger partial charge in [-0.3, -0.25) is 0 Å². The maximum absolute atomic E-state index is 10.5. The number of hydrogen-bond donors (Lipinski definition) is 3. The first-order chi connectivity index (χ1) is 10.7. The minimum absolute atomic E-state index is 0.0129. The highest BCUT2D eigenvalue weighted by Gasteiger charge is 2.53. The van der Waals surface area contributed by atoms with Crippen LogP contribution >= 0.6 is 0 Å². The summed E-state index contributed by atoms with van der Waals surface area (Å²) in [7, 11) is 0. The van der Waals surface area contributed by atoms with Crippen molar-refractivity contribution in [3.05, 3.63) is 23.3 Å². The van der Waals surface area contributed by atoms with E-state index in [0.717, 1.165) is 37.7 Å². The first kappa shape index (κ1) is 18.7. The van der Waals surface area contributed by atoms with Crippen LogP contribution in [0.25, 0.3) is 0 Å².